The summed E-state index contributed by atoms with van der Waals surface area (Å²) in [4.78, 5) is 27.2. The Kier molecular flexibility index (Phi) is 7.84. The Balaban J connectivity index is 1.35. The maximum Gasteiger partial charge on any atom is 0.270 e. The number of rotatable bonds is 8. The molecule has 0 radical (unpaired) electrons. The summed E-state index contributed by atoms with van der Waals surface area (Å²) < 4.78 is 44.2. The van der Waals surface area contributed by atoms with Crippen LogP contribution >= 0.6 is 0 Å². The summed E-state index contributed by atoms with van der Waals surface area (Å²) in [5.41, 5.74) is 2.07. The zero-order chi connectivity index (χ0) is 25.9. The Morgan fingerprint density at radius 1 is 1.19 bits per heavy atom. The number of sulfonamides is 1. The van der Waals surface area contributed by atoms with Crippen molar-refractivity contribution in [2.45, 2.75) is 57.7 Å². The van der Waals surface area contributed by atoms with Gasteiger partial charge in [0, 0.05) is 19.0 Å². The lowest BCUT2D eigenvalue weighted by Crippen LogP contribution is -2.38. The van der Waals surface area contributed by atoms with Crippen LogP contribution < -0.4 is 14.8 Å². The largest absolute Gasteiger partial charge is 0.494 e. The summed E-state index contributed by atoms with van der Waals surface area (Å²) in [5.74, 6) is -0.0596. The van der Waals surface area contributed by atoms with Crippen LogP contribution in [0.2, 0.25) is 0 Å². The van der Waals surface area contributed by atoms with Crippen LogP contribution in [0.1, 0.15) is 59.7 Å². The Labute approximate surface area is 209 Å². The highest BCUT2D eigenvalue weighted by Gasteiger charge is 2.34. The lowest BCUT2D eigenvalue weighted by atomic mass is 9.81. The molecule has 4 rings (SSSR count). The fraction of sp³-hybridized carbons (Fsp3) is 0.500. The zero-order valence-corrected chi connectivity index (χ0v) is 21.3. The number of hydrogen-bond donors (Lipinski definition) is 2. The van der Waals surface area contributed by atoms with Crippen molar-refractivity contribution in [3.05, 3.63) is 52.9 Å². The van der Waals surface area contributed by atoms with Gasteiger partial charge in [0.1, 0.15) is 23.3 Å². The molecule has 2 heterocycles. The third-order valence-electron chi connectivity index (χ3n) is 6.41. The van der Waals surface area contributed by atoms with Crippen molar-refractivity contribution in [1.29, 1.82) is 0 Å². The fourth-order valence-corrected chi connectivity index (χ4v) is 5.47. The van der Waals surface area contributed by atoms with Gasteiger partial charge < -0.3 is 14.9 Å². The van der Waals surface area contributed by atoms with Crippen LogP contribution in [-0.2, 0) is 21.4 Å². The topological polar surface area (TPSA) is 132 Å². The second-order valence-electron chi connectivity index (χ2n) is 9.22. The molecule has 1 aromatic heterocycles. The van der Waals surface area contributed by atoms with E-state index < -0.39 is 21.7 Å². The van der Waals surface area contributed by atoms with E-state index in [0.29, 0.717) is 29.2 Å². The zero-order valence-electron chi connectivity index (χ0n) is 20.5. The van der Waals surface area contributed by atoms with Crippen LogP contribution in [0.4, 0.5) is 4.39 Å². The number of carbonyl (C=O) groups is 1. The van der Waals surface area contributed by atoms with Gasteiger partial charge in [-0.25, -0.2) is 27.5 Å². The first-order valence-corrected chi connectivity index (χ1v) is 13.7. The van der Waals surface area contributed by atoms with Crippen molar-refractivity contribution in [3.8, 4) is 5.75 Å². The molecule has 2 aromatic rings. The van der Waals surface area contributed by atoms with Gasteiger partial charge in [-0.1, -0.05) is 11.2 Å². The maximum atomic E-state index is 13.6. The van der Waals surface area contributed by atoms with Crippen LogP contribution in [0.5, 0.6) is 5.75 Å². The number of ether oxygens (including phenoxy) is 1. The van der Waals surface area contributed by atoms with Gasteiger partial charge in [-0.05, 0) is 62.3 Å². The second-order valence-corrected chi connectivity index (χ2v) is 11.0. The number of hydrogen-bond acceptors (Lipinski definition) is 8. The van der Waals surface area contributed by atoms with Crippen molar-refractivity contribution in [2.24, 2.45) is 11.1 Å². The summed E-state index contributed by atoms with van der Waals surface area (Å²) >= 11 is 0. The van der Waals surface area contributed by atoms with Crippen molar-refractivity contribution in [3.63, 3.8) is 0 Å². The van der Waals surface area contributed by atoms with Crippen LogP contribution in [0.15, 0.2) is 29.4 Å². The molecule has 1 fully saturated rings. The molecule has 10 nitrogen and oxygen atoms in total. The predicted molar refractivity (Wildman–Crippen MR) is 131 cm³/mol. The minimum absolute atomic E-state index is 0.0420. The smallest absolute Gasteiger partial charge is 0.270 e. The normalized spacial score (nSPS) is 22.0. The van der Waals surface area contributed by atoms with E-state index in [9.17, 15) is 17.6 Å². The third kappa shape index (κ3) is 6.55. The molecule has 1 atom stereocenters. The summed E-state index contributed by atoms with van der Waals surface area (Å²) in [6.07, 6.45) is 4.81. The number of nitrogens with zero attached hydrogens (tertiary/aromatic N) is 3. The van der Waals surface area contributed by atoms with Crippen LogP contribution in [0.3, 0.4) is 0 Å². The summed E-state index contributed by atoms with van der Waals surface area (Å²) in [6.45, 7) is 1.88. The van der Waals surface area contributed by atoms with E-state index >= 15 is 0 Å². The van der Waals surface area contributed by atoms with Gasteiger partial charge in [-0.3, -0.25) is 4.79 Å². The number of carbonyl (C=O) groups excluding carboxylic acids is 1. The molecule has 194 valence electrons. The number of aromatic nitrogens is 2. The highest BCUT2D eigenvalue weighted by Crippen LogP contribution is 2.33. The Morgan fingerprint density at radius 2 is 1.94 bits per heavy atom. The number of nitrogens with one attached hydrogen (secondary N) is 2. The number of halogens is 1. The molecule has 1 aromatic carbocycles. The quantitative estimate of drug-likeness (QED) is 0.548. The molecule has 2 aliphatic rings. The molecule has 36 heavy (non-hydrogen) atoms. The summed E-state index contributed by atoms with van der Waals surface area (Å²) in [6, 6.07) is 5.94. The molecule has 1 unspecified atom stereocenters. The van der Waals surface area contributed by atoms with Crippen LogP contribution in [-0.4, -0.2) is 55.5 Å². The lowest BCUT2D eigenvalue weighted by molar-refractivity contribution is 0.0243. The Bertz CT molecular complexity index is 1260. The Morgan fingerprint density at radius 3 is 2.64 bits per heavy atom. The average molecular weight is 520 g/mol. The van der Waals surface area contributed by atoms with Gasteiger partial charge in [0.25, 0.3) is 5.91 Å². The molecule has 1 amide bonds. The van der Waals surface area contributed by atoms with E-state index in [4.69, 9.17) is 9.57 Å². The van der Waals surface area contributed by atoms with Gasteiger partial charge in [0.05, 0.1) is 19.1 Å². The van der Waals surface area contributed by atoms with Gasteiger partial charge in [0.2, 0.25) is 10.0 Å². The molecule has 0 bridgehead atoms. The van der Waals surface area contributed by atoms with E-state index in [-0.39, 0.29) is 36.1 Å². The summed E-state index contributed by atoms with van der Waals surface area (Å²) in [5, 5.41) is 7.02. The monoisotopic (exact) mass is 519 g/mol. The maximum absolute atomic E-state index is 13.6. The SMILES string of the molecule is COc1cc(CNC(=O)c2cc(C3=NOC(C4CCC(NS(C)(=O)=O)CC4)C3)nc(C)n2)ccc1F. The van der Waals surface area contributed by atoms with Crippen molar-refractivity contribution >= 4 is 21.6 Å². The van der Waals surface area contributed by atoms with Crippen LogP contribution in [0.25, 0.3) is 0 Å². The molecule has 0 saturated heterocycles. The number of benzene rings is 1. The molecular formula is C24H30FN5O5S. The van der Waals surface area contributed by atoms with Gasteiger partial charge in [-0.15, -0.1) is 0 Å². The molecule has 12 heteroatoms. The van der Waals surface area contributed by atoms with Gasteiger partial charge in [-0.2, -0.15) is 0 Å². The standard InChI is InChI=1S/C24H30FN5O5S/c1-14-27-19(11-21(28-14)24(31)26-13-15-4-9-18(25)23(10-15)34-2)20-12-22(35-29-20)16-5-7-17(8-6-16)30-36(3,32)33/h4,9-11,16-17,22,30H,5-8,12-13H2,1-3H3,(H,26,31). The number of methoxy groups -OCH3 is 1. The third-order valence-corrected chi connectivity index (χ3v) is 7.17. The fourth-order valence-electron chi connectivity index (χ4n) is 4.63. The molecule has 1 aliphatic heterocycles. The molecule has 1 saturated carbocycles. The van der Waals surface area contributed by atoms with Gasteiger partial charge >= 0.3 is 0 Å². The molecule has 2 N–H and O–H groups in total. The van der Waals surface area contributed by atoms with E-state index in [2.05, 4.69) is 25.2 Å². The van der Waals surface area contributed by atoms with Crippen LogP contribution in [0, 0.1) is 18.7 Å². The van der Waals surface area contributed by atoms with E-state index in [1.165, 1.54) is 25.5 Å². The highest BCUT2D eigenvalue weighted by atomic mass is 32.2. The second kappa shape index (κ2) is 10.9. The first-order chi connectivity index (χ1) is 17.1. The van der Waals surface area contributed by atoms with Crippen molar-refractivity contribution in [1.82, 2.24) is 20.0 Å². The Hall–Kier alpha value is -3.12. The van der Waals surface area contributed by atoms with Crippen molar-refractivity contribution < 1.29 is 27.2 Å². The van der Waals surface area contributed by atoms with E-state index in [1.807, 2.05) is 0 Å². The van der Waals surface area contributed by atoms with E-state index in [1.54, 1.807) is 19.1 Å². The average Bonchev–Trinajstić information content (AvgIpc) is 3.33. The minimum atomic E-state index is -3.22. The number of amides is 1. The number of aryl methyl sites for hydroxylation is 1. The molecule has 0 spiro atoms. The van der Waals surface area contributed by atoms with Crippen molar-refractivity contribution in [2.75, 3.05) is 13.4 Å². The first-order valence-electron chi connectivity index (χ1n) is 11.8. The van der Waals surface area contributed by atoms with Gasteiger partial charge in [0.15, 0.2) is 11.6 Å². The predicted octanol–water partition coefficient (Wildman–Crippen LogP) is 2.46. The first kappa shape index (κ1) is 26.0. The minimum Gasteiger partial charge on any atom is -0.494 e. The highest BCUT2D eigenvalue weighted by molar-refractivity contribution is 7.88. The summed E-state index contributed by atoms with van der Waals surface area (Å²) in [7, 11) is -1.83. The molecular weight excluding hydrogens is 489 g/mol. The van der Waals surface area contributed by atoms with E-state index in [0.717, 1.165) is 25.7 Å². The lowest BCUT2D eigenvalue weighted by Gasteiger charge is -2.30. The molecule has 1 aliphatic carbocycles. The number of oxime groups is 1.